The number of nitrogens with zero attached hydrogens (tertiary/aromatic N) is 2. The van der Waals surface area contributed by atoms with Gasteiger partial charge in [-0.15, -0.1) is 0 Å². The molecule has 0 aliphatic carbocycles. The normalized spacial score (nSPS) is 12.2. The molecular formula is C15H17FN2O. The number of anilines is 2. The van der Waals surface area contributed by atoms with Crippen LogP contribution in [0.25, 0.3) is 0 Å². The maximum Gasteiger partial charge on any atom is 0.123 e. The maximum absolute atomic E-state index is 12.9. The highest BCUT2D eigenvalue weighted by atomic mass is 19.1. The third-order valence-electron chi connectivity index (χ3n) is 2.96. The second-order valence-corrected chi connectivity index (χ2v) is 4.34. The molecular weight excluding hydrogens is 243 g/mol. The Balaban J connectivity index is 2.28. The van der Waals surface area contributed by atoms with E-state index in [1.807, 2.05) is 17.9 Å². The Morgan fingerprint density at radius 2 is 1.79 bits per heavy atom. The molecule has 2 aromatic rings. The minimum absolute atomic E-state index is 0.248. The van der Waals surface area contributed by atoms with Crippen LogP contribution in [0.2, 0.25) is 0 Å². The lowest BCUT2D eigenvalue weighted by atomic mass is 10.2. The molecule has 2 rings (SSSR count). The molecule has 0 aliphatic rings. The number of aliphatic hydroxyl groups excluding tert-OH is 1. The van der Waals surface area contributed by atoms with Crippen molar-refractivity contribution in [3.8, 4) is 0 Å². The van der Waals surface area contributed by atoms with E-state index in [-0.39, 0.29) is 5.82 Å². The van der Waals surface area contributed by atoms with Gasteiger partial charge in [0.25, 0.3) is 0 Å². The quantitative estimate of drug-likeness (QED) is 0.915. The van der Waals surface area contributed by atoms with Gasteiger partial charge in [0.05, 0.1) is 23.7 Å². The van der Waals surface area contributed by atoms with Gasteiger partial charge in [-0.25, -0.2) is 4.39 Å². The standard InChI is InChI=1S/C15H17FN2O/c1-3-18(13-6-4-12(16)5-7-13)14-8-9-15(11(2)19)17-10-14/h4-11,19H,3H2,1-2H3/t11-/m0/s1. The maximum atomic E-state index is 12.9. The van der Waals surface area contributed by atoms with Crippen LogP contribution in [0.5, 0.6) is 0 Å². The van der Waals surface area contributed by atoms with E-state index in [0.29, 0.717) is 5.69 Å². The summed E-state index contributed by atoms with van der Waals surface area (Å²) in [6.07, 6.45) is 1.14. The molecule has 1 N–H and O–H groups in total. The van der Waals surface area contributed by atoms with E-state index in [9.17, 15) is 9.50 Å². The highest BCUT2D eigenvalue weighted by Crippen LogP contribution is 2.25. The molecule has 0 bridgehead atoms. The molecule has 0 radical (unpaired) electrons. The number of benzene rings is 1. The van der Waals surface area contributed by atoms with Gasteiger partial charge < -0.3 is 10.0 Å². The average molecular weight is 260 g/mol. The average Bonchev–Trinajstić information content (AvgIpc) is 2.42. The molecule has 4 heteroatoms. The highest BCUT2D eigenvalue weighted by Gasteiger charge is 2.09. The zero-order valence-corrected chi connectivity index (χ0v) is 11.0. The Kier molecular flexibility index (Phi) is 4.12. The first-order valence-corrected chi connectivity index (χ1v) is 6.29. The number of hydrogen-bond donors (Lipinski definition) is 1. The van der Waals surface area contributed by atoms with Crippen LogP contribution in [-0.4, -0.2) is 16.6 Å². The molecule has 1 aromatic carbocycles. The second kappa shape index (κ2) is 5.80. The molecule has 100 valence electrons. The Bertz CT molecular complexity index is 523. The van der Waals surface area contributed by atoms with Crippen LogP contribution in [0.4, 0.5) is 15.8 Å². The van der Waals surface area contributed by atoms with Crippen LogP contribution >= 0.6 is 0 Å². The number of halogens is 1. The first-order valence-electron chi connectivity index (χ1n) is 6.29. The SMILES string of the molecule is CCN(c1ccc(F)cc1)c1ccc([C@H](C)O)nc1. The monoisotopic (exact) mass is 260 g/mol. The fraction of sp³-hybridized carbons (Fsp3) is 0.267. The molecule has 0 fully saturated rings. The topological polar surface area (TPSA) is 36.4 Å². The second-order valence-electron chi connectivity index (χ2n) is 4.34. The van der Waals surface area contributed by atoms with E-state index < -0.39 is 6.10 Å². The third-order valence-corrected chi connectivity index (χ3v) is 2.96. The molecule has 1 aromatic heterocycles. The minimum atomic E-state index is -0.574. The van der Waals surface area contributed by atoms with E-state index in [1.54, 1.807) is 31.3 Å². The van der Waals surface area contributed by atoms with Crippen molar-refractivity contribution in [1.82, 2.24) is 4.98 Å². The van der Waals surface area contributed by atoms with Crippen molar-refractivity contribution in [2.24, 2.45) is 0 Å². The molecule has 0 unspecified atom stereocenters. The third kappa shape index (κ3) is 3.09. The number of hydrogen-bond acceptors (Lipinski definition) is 3. The number of rotatable bonds is 4. The largest absolute Gasteiger partial charge is 0.387 e. The van der Waals surface area contributed by atoms with Crippen LogP contribution in [0.1, 0.15) is 25.6 Å². The highest BCUT2D eigenvalue weighted by molar-refractivity contribution is 5.62. The Hall–Kier alpha value is -1.94. The molecule has 1 atom stereocenters. The van der Waals surface area contributed by atoms with Crippen molar-refractivity contribution in [3.63, 3.8) is 0 Å². The van der Waals surface area contributed by atoms with Crippen LogP contribution in [0, 0.1) is 5.82 Å². The van der Waals surface area contributed by atoms with Crippen LogP contribution < -0.4 is 4.90 Å². The summed E-state index contributed by atoms with van der Waals surface area (Å²) in [5, 5.41) is 9.44. The van der Waals surface area contributed by atoms with Gasteiger partial charge in [0.2, 0.25) is 0 Å². The van der Waals surface area contributed by atoms with Crippen molar-refractivity contribution in [2.45, 2.75) is 20.0 Å². The minimum Gasteiger partial charge on any atom is -0.387 e. The van der Waals surface area contributed by atoms with Gasteiger partial charge in [-0.3, -0.25) is 4.98 Å². The van der Waals surface area contributed by atoms with Crippen molar-refractivity contribution in [2.75, 3.05) is 11.4 Å². The fourth-order valence-electron chi connectivity index (χ4n) is 1.94. The summed E-state index contributed by atoms with van der Waals surface area (Å²) < 4.78 is 12.9. The first kappa shape index (κ1) is 13.5. The Labute approximate surface area is 112 Å². The molecule has 0 aliphatic heterocycles. The van der Waals surface area contributed by atoms with E-state index >= 15 is 0 Å². The van der Waals surface area contributed by atoms with Gasteiger partial charge in [0.1, 0.15) is 5.82 Å². The van der Waals surface area contributed by atoms with E-state index in [4.69, 9.17) is 0 Å². The lowest BCUT2D eigenvalue weighted by molar-refractivity contribution is 0.194. The molecule has 19 heavy (non-hydrogen) atoms. The van der Waals surface area contributed by atoms with Gasteiger partial charge in [-0.05, 0) is 50.2 Å². The summed E-state index contributed by atoms with van der Waals surface area (Å²) in [7, 11) is 0. The zero-order chi connectivity index (χ0) is 13.8. The summed E-state index contributed by atoms with van der Waals surface area (Å²) in [5.74, 6) is -0.248. The number of aromatic nitrogens is 1. The predicted molar refractivity (Wildman–Crippen MR) is 74.0 cm³/mol. The van der Waals surface area contributed by atoms with Gasteiger partial charge >= 0.3 is 0 Å². The lowest BCUT2D eigenvalue weighted by Gasteiger charge is -2.23. The van der Waals surface area contributed by atoms with Crippen molar-refractivity contribution < 1.29 is 9.50 Å². The summed E-state index contributed by atoms with van der Waals surface area (Å²) in [4.78, 5) is 6.25. The van der Waals surface area contributed by atoms with E-state index in [0.717, 1.165) is 17.9 Å². The molecule has 0 spiro atoms. The zero-order valence-electron chi connectivity index (χ0n) is 11.0. The van der Waals surface area contributed by atoms with Crippen LogP contribution in [0.15, 0.2) is 42.6 Å². The molecule has 0 amide bonds. The van der Waals surface area contributed by atoms with E-state index in [2.05, 4.69) is 4.98 Å². The summed E-state index contributed by atoms with van der Waals surface area (Å²) in [5.41, 5.74) is 2.47. The predicted octanol–water partition coefficient (Wildman–Crippen LogP) is 3.43. The van der Waals surface area contributed by atoms with Crippen molar-refractivity contribution in [3.05, 3.63) is 54.1 Å². The molecule has 0 saturated carbocycles. The Morgan fingerprint density at radius 3 is 2.26 bits per heavy atom. The summed E-state index contributed by atoms with van der Waals surface area (Å²) in [6.45, 7) is 4.45. The molecule has 1 heterocycles. The van der Waals surface area contributed by atoms with Gasteiger partial charge in [-0.2, -0.15) is 0 Å². The smallest absolute Gasteiger partial charge is 0.123 e. The van der Waals surface area contributed by atoms with Gasteiger partial charge in [0.15, 0.2) is 0 Å². The summed E-state index contributed by atoms with van der Waals surface area (Å²) >= 11 is 0. The number of pyridine rings is 1. The van der Waals surface area contributed by atoms with Crippen LogP contribution in [0.3, 0.4) is 0 Å². The van der Waals surface area contributed by atoms with Crippen molar-refractivity contribution in [1.29, 1.82) is 0 Å². The Morgan fingerprint density at radius 1 is 1.16 bits per heavy atom. The molecule has 3 nitrogen and oxygen atoms in total. The fourth-order valence-corrected chi connectivity index (χ4v) is 1.94. The van der Waals surface area contributed by atoms with E-state index in [1.165, 1.54) is 12.1 Å². The summed E-state index contributed by atoms with van der Waals surface area (Å²) in [6, 6.07) is 10.1. The van der Waals surface area contributed by atoms with Crippen LogP contribution in [-0.2, 0) is 0 Å². The van der Waals surface area contributed by atoms with Gasteiger partial charge in [-0.1, -0.05) is 0 Å². The lowest BCUT2D eigenvalue weighted by Crippen LogP contribution is -2.16. The first-order chi connectivity index (χ1) is 9.11. The van der Waals surface area contributed by atoms with Gasteiger partial charge in [0, 0.05) is 12.2 Å². The van der Waals surface area contributed by atoms with Crippen molar-refractivity contribution >= 4 is 11.4 Å². The molecule has 0 saturated heterocycles. The number of aliphatic hydroxyl groups is 1.